The molecule has 0 N–H and O–H groups in total. The summed E-state index contributed by atoms with van der Waals surface area (Å²) >= 11 is 0. The Hall–Kier alpha value is -1.56. The summed E-state index contributed by atoms with van der Waals surface area (Å²) in [7, 11) is -2.15. The van der Waals surface area contributed by atoms with Crippen molar-refractivity contribution in [1.82, 2.24) is 0 Å². The van der Waals surface area contributed by atoms with E-state index in [1.165, 1.54) is 7.11 Å². The molecule has 0 amide bonds. The molecule has 5 nitrogen and oxygen atoms in total. The van der Waals surface area contributed by atoms with E-state index in [-0.39, 0.29) is 17.6 Å². The molecule has 0 spiro atoms. The monoisotopic (exact) mass is 284 g/mol. The number of hydrogen-bond acceptors (Lipinski definition) is 5. The topological polar surface area (TPSA) is 69.7 Å². The lowest BCUT2D eigenvalue weighted by Gasteiger charge is -2.23. The second kappa shape index (κ2) is 5.21. The van der Waals surface area contributed by atoms with E-state index in [2.05, 4.69) is 0 Å². The molecule has 6 heteroatoms. The highest BCUT2D eigenvalue weighted by Crippen LogP contribution is 2.29. The molecule has 1 atom stereocenters. The van der Waals surface area contributed by atoms with Gasteiger partial charge in [-0.2, -0.15) is 8.42 Å². The summed E-state index contributed by atoms with van der Waals surface area (Å²) in [5, 5.41) is 0. The third kappa shape index (κ3) is 3.47. The summed E-state index contributed by atoms with van der Waals surface area (Å²) in [5.41, 5.74) is 2.07. The fourth-order valence-corrected chi connectivity index (χ4v) is 2.78. The van der Waals surface area contributed by atoms with Crippen LogP contribution in [0.3, 0.4) is 0 Å². The molecule has 0 saturated heterocycles. The van der Waals surface area contributed by atoms with Crippen LogP contribution in [0, 0.1) is 5.92 Å². The number of methoxy groups -OCH3 is 1. The van der Waals surface area contributed by atoms with Crippen LogP contribution in [0.5, 0.6) is 5.75 Å². The zero-order valence-corrected chi connectivity index (χ0v) is 11.7. The predicted octanol–water partition coefficient (Wildman–Crippen LogP) is 1.30. The Morgan fingerprint density at radius 1 is 1.32 bits per heavy atom. The maximum absolute atomic E-state index is 11.5. The Balaban J connectivity index is 2.22. The van der Waals surface area contributed by atoms with Crippen LogP contribution < -0.4 is 4.18 Å². The van der Waals surface area contributed by atoms with E-state index < -0.39 is 10.1 Å². The molecular formula is C13H16O5S. The van der Waals surface area contributed by atoms with Crippen molar-refractivity contribution in [2.45, 2.75) is 19.3 Å². The summed E-state index contributed by atoms with van der Waals surface area (Å²) in [5.74, 6) is -0.0992. The van der Waals surface area contributed by atoms with Crippen LogP contribution >= 0.6 is 0 Å². The summed E-state index contributed by atoms with van der Waals surface area (Å²) in [6.07, 6.45) is 3.10. The Kier molecular flexibility index (Phi) is 3.80. The molecule has 2 rings (SSSR count). The van der Waals surface area contributed by atoms with Crippen LogP contribution in [0.2, 0.25) is 0 Å². The number of fused-ring (bicyclic) bond motifs is 1. The van der Waals surface area contributed by atoms with E-state index in [1.807, 2.05) is 6.07 Å². The average Bonchev–Trinajstić information content (AvgIpc) is 2.35. The quantitative estimate of drug-likeness (QED) is 0.618. The van der Waals surface area contributed by atoms with Gasteiger partial charge in [0.25, 0.3) is 0 Å². The number of rotatable bonds is 3. The number of ether oxygens (including phenoxy) is 1. The van der Waals surface area contributed by atoms with Crippen molar-refractivity contribution >= 4 is 16.1 Å². The summed E-state index contributed by atoms with van der Waals surface area (Å²) < 4.78 is 31.8. The molecule has 1 aromatic carbocycles. The first-order chi connectivity index (χ1) is 8.89. The first-order valence-electron chi connectivity index (χ1n) is 5.98. The van der Waals surface area contributed by atoms with E-state index in [9.17, 15) is 13.2 Å². The van der Waals surface area contributed by atoms with Gasteiger partial charge in [-0.25, -0.2) is 0 Å². The van der Waals surface area contributed by atoms with E-state index in [1.54, 1.807) is 12.1 Å². The van der Waals surface area contributed by atoms with Crippen LogP contribution in [0.4, 0.5) is 0 Å². The van der Waals surface area contributed by atoms with Gasteiger partial charge in [-0.05, 0) is 42.5 Å². The lowest BCUT2D eigenvalue weighted by molar-refractivity contribution is -0.145. The molecule has 0 heterocycles. The average molecular weight is 284 g/mol. The highest BCUT2D eigenvalue weighted by Gasteiger charge is 2.25. The minimum Gasteiger partial charge on any atom is -0.469 e. The largest absolute Gasteiger partial charge is 0.469 e. The number of esters is 1. The van der Waals surface area contributed by atoms with Crippen molar-refractivity contribution in [2.75, 3.05) is 13.4 Å². The Morgan fingerprint density at radius 3 is 2.68 bits per heavy atom. The zero-order chi connectivity index (χ0) is 14.0. The van der Waals surface area contributed by atoms with Crippen molar-refractivity contribution in [1.29, 1.82) is 0 Å². The van der Waals surface area contributed by atoms with Gasteiger partial charge >= 0.3 is 16.1 Å². The van der Waals surface area contributed by atoms with Gasteiger partial charge in [0.1, 0.15) is 5.75 Å². The van der Waals surface area contributed by atoms with Gasteiger partial charge in [-0.15, -0.1) is 0 Å². The summed E-state index contributed by atoms with van der Waals surface area (Å²) in [6.45, 7) is 0. The van der Waals surface area contributed by atoms with Gasteiger partial charge in [-0.1, -0.05) is 6.07 Å². The third-order valence-corrected chi connectivity index (χ3v) is 3.68. The van der Waals surface area contributed by atoms with Gasteiger partial charge in [0.05, 0.1) is 19.3 Å². The lowest BCUT2D eigenvalue weighted by Crippen LogP contribution is -2.23. The molecule has 0 aliphatic heterocycles. The van der Waals surface area contributed by atoms with E-state index in [0.717, 1.165) is 30.2 Å². The fraction of sp³-hybridized carbons (Fsp3) is 0.462. The van der Waals surface area contributed by atoms with Crippen molar-refractivity contribution in [3.63, 3.8) is 0 Å². The number of carbonyl (C=O) groups excluding carboxylic acids is 1. The summed E-state index contributed by atoms with van der Waals surface area (Å²) in [6, 6.07) is 5.17. The standard InChI is InChI=1S/C13H16O5S/c1-17-13(14)10-4-3-9-5-6-12(8-11(9)7-10)18-19(2,15)16/h5-6,8,10H,3-4,7H2,1-2H3. The molecule has 1 aliphatic carbocycles. The Morgan fingerprint density at radius 2 is 2.05 bits per heavy atom. The molecule has 1 aromatic rings. The molecule has 0 saturated carbocycles. The molecule has 0 bridgehead atoms. The second-order valence-electron chi connectivity index (χ2n) is 4.68. The van der Waals surface area contributed by atoms with Gasteiger partial charge < -0.3 is 8.92 Å². The van der Waals surface area contributed by atoms with Crippen molar-refractivity contribution < 1.29 is 22.1 Å². The molecule has 0 fully saturated rings. The minimum atomic E-state index is -3.53. The SMILES string of the molecule is COC(=O)C1CCc2ccc(OS(C)(=O)=O)cc2C1. The fourth-order valence-electron chi connectivity index (χ4n) is 2.33. The van der Waals surface area contributed by atoms with Crippen LogP contribution in [0.15, 0.2) is 18.2 Å². The maximum Gasteiger partial charge on any atom is 0.309 e. The van der Waals surface area contributed by atoms with Crippen LogP contribution in [-0.2, 0) is 32.5 Å². The van der Waals surface area contributed by atoms with Crippen molar-refractivity contribution in [2.24, 2.45) is 5.92 Å². The molecule has 104 valence electrons. The number of carbonyl (C=O) groups is 1. The smallest absolute Gasteiger partial charge is 0.309 e. The molecular weight excluding hydrogens is 268 g/mol. The maximum atomic E-state index is 11.5. The van der Waals surface area contributed by atoms with Crippen LogP contribution in [-0.4, -0.2) is 27.8 Å². The molecule has 1 unspecified atom stereocenters. The number of hydrogen-bond donors (Lipinski definition) is 0. The zero-order valence-electron chi connectivity index (χ0n) is 10.9. The molecule has 1 aliphatic rings. The first-order valence-corrected chi connectivity index (χ1v) is 7.80. The van der Waals surface area contributed by atoms with Crippen molar-refractivity contribution in [3.05, 3.63) is 29.3 Å². The first kappa shape index (κ1) is 13.9. The van der Waals surface area contributed by atoms with Crippen molar-refractivity contribution in [3.8, 4) is 5.75 Å². The van der Waals surface area contributed by atoms with Gasteiger partial charge in [0.2, 0.25) is 0 Å². The number of aryl methyl sites for hydroxylation is 1. The highest BCUT2D eigenvalue weighted by atomic mass is 32.2. The highest BCUT2D eigenvalue weighted by molar-refractivity contribution is 7.86. The van der Waals surface area contributed by atoms with Gasteiger partial charge in [-0.3, -0.25) is 4.79 Å². The van der Waals surface area contributed by atoms with Crippen LogP contribution in [0.1, 0.15) is 17.5 Å². The number of benzene rings is 1. The predicted molar refractivity (Wildman–Crippen MR) is 69.4 cm³/mol. The minimum absolute atomic E-state index is 0.161. The van der Waals surface area contributed by atoms with Gasteiger partial charge in [0.15, 0.2) is 0 Å². The Bertz CT molecular complexity index is 591. The van der Waals surface area contributed by atoms with Crippen LogP contribution in [0.25, 0.3) is 0 Å². The van der Waals surface area contributed by atoms with E-state index in [0.29, 0.717) is 6.42 Å². The second-order valence-corrected chi connectivity index (χ2v) is 6.26. The summed E-state index contributed by atoms with van der Waals surface area (Å²) in [4.78, 5) is 11.5. The molecule has 0 aromatic heterocycles. The molecule has 0 radical (unpaired) electrons. The third-order valence-electron chi connectivity index (χ3n) is 3.19. The molecule has 19 heavy (non-hydrogen) atoms. The van der Waals surface area contributed by atoms with Gasteiger partial charge in [0, 0.05) is 0 Å². The normalized spacial score (nSPS) is 18.5. The lowest BCUT2D eigenvalue weighted by atomic mass is 9.84. The van der Waals surface area contributed by atoms with E-state index in [4.69, 9.17) is 8.92 Å². The van der Waals surface area contributed by atoms with E-state index >= 15 is 0 Å². The Labute approximate surface area is 112 Å².